The number of nitrogens with zero attached hydrogens (tertiary/aromatic N) is 1. The first-order valence-electron chi connectivity index (χ1n) is 7.59. The molecule has 2 rings (SSSR count). The van der Waals surface area contributed by atoms with Gasteiger partial charge < -0.3 is 5.73 Å². The summed E-state index contributed by atoms with van der Waals surface area (Å²) in [6.07, 6.45) is 1.70. The fourth-order valence-corrected chi connectivity index (χ4v) is 4.58. The van der Waals surface area contributed by atoms with Crippen LogP contribution in [-0.4, -0.2) is 38.1 Å². The Labute approximate surface area is 128 Å². The maximum Gasteiger partial charge on any atom is 0.214 e. The van der Waals surface area contributed by atoms with Crippen LogP contribution in [0.5, 0.6) is 0 Å². The minimum atomic E-state index is -3.20. The molecule has 1 unspecified atom stereocenters. The van der Waals surface area contributed by atoms with Gasteiger partial charge in [0.15, 0.2) is 0 Å². The first-order valence-corrected chi connectivity index (χ1v) is 9.20. The topological polar surface area (TPSA) is 63.4 Å². The molecule has 4 nitrogen and oxygen atoms in total. The zero-order valence-corrected chi connectivity index (χ0v) is 13.8. The summed E-state index contributed by atoms with van der Waals surface area (Å²) >= 11 is 0. The van der Waals surface area contributed by atoms with Crippen LogP contribution in [0.1, 0.15) is 38.2 Å². The van der Waals surface area contributed by atoms with E-state index in [4.69, 9.17) is 5.73 Å². The molecule has 1 heterocycles. The third kappa shape index (κ3) is 4.05. The molecule has 0 bridgehead atoms. The quantitative estimate of drug-likeness (QED) is 0.906. The van der Waals surface area contributed by atoms with Crippen molar-refractivity contribution < 1.29 is 8.42 Å². The summed E-state index contributed by atoms with van der Waals surface area (Å²) in [7, 11) is -3.20. The molecule has 118 valence electrons. The molecule has 1 atom stereocenters. The summed E-state index contributed by atoms with van der Waals surface area (Å²) < 4.78 is 26.8. The van der Waals surface area contributed by atoms with Crippen LogP contribution >= 0.6 is 0 Å². The Hall–Kier alpha value is -0.910. The van der Waals surface area contributed by atoms with Crippen molar-refractivity contribution in [1.29, 1.82) is 0 Å². The summed E-state index contributed by atoms with van der Waals surface area (Å²) in [5.41, 5.74) is 6.95. The minimum absolute atomic E-state index is 0.0130. The Bertz CT molecular complexity index is 549. The van der Waals surface area contributed by atoms with E-state index in [2.05, 4.69) is 6.92 Å². The molecule has 5 heteroatoms. The summed E-state index contributed by atoms with van der Waals surface area (Å²) in [5, 5.41) is 0. The third-order valence-electron chi connectivity index (χ3n) is 4.64. The van der Waals surface area contributed by atoms with E-state index >= 15 is 0 Å². The molecule has 0 aromatic heterocycles. The molecule has 0 radical (unpaired) electrons. The second-order valence-electron chi connectivity index (χ2n) is 6.50. The van der Waals surface area contributed by atoms with Crippen LogP contribution in [-0.2, 0) is 10.0 Å². The molecule has 0 spiro atoms. The molecule has 2 N–H and O–H groups in total. The van der Waals surface area contributed by atoms with Crippen LogP contribution in [0.15, 0.2) is 30.3 Å². The SMILES string of the molecule is CC(CS(=O)(=O)N1CCC(C)(CN)CC1)c1ccccc1. The van der Waals surface area contributed by atoms with Gasteiger partial charge in [0.05, 0.1) is 5.75 Å². The van der Waals surface area contributed by atoms with Crippen molar-refractivity contribution >= 4 is 10.0 Å². The van der Waals surface area contributed by atoms with Gasteiger partial charge in [0.25, 0.3) is 0 Å². The van der Waals surface area contributed by atoms with E-state index in [1.165, 1.54) is 0 Å². The Morgan fingerprint density at radius 1 is 1.24 bits per heavy atom. The van der Waals surface area contributed by atoms with Crippen molar-refractivity contribution in [3.05, 3.63) is 35.9 Å². The number of nitrogens with two attached hydrogens (primary N) is 1. The largest absolute Gasteiger partial charge is 0.330 e. The first kappa shape index (κ1) is 16.5. The normalized spacial score (nSPS) is 21.1. The van der Waals surface area contributed by atoms with Gasteiger partial charge in [-0.15, -0.1) is 0 Å². The number of benzene rings is 1. The average molecular weight is 310 g/mol. The van der Waals surface area contributed by atoms with Gasteiger partial charge in [-0.1, -0.05) is 44.2 Å². The highest BCUT2D eigenvalue weighted by molar-refractivity contribution is 7.89. The van der Waals surface area contributed by atoms with Crippen LogP contribution in [0.2, 0.25) is 0 Å². The second kappa shape index (κ2) is 6.46. The monoisotopic (exact) mass is 310 g/mol. The number of hydrogen-bond donors (Lipinski definition) is 1. The van der Waals surface area contributed by atoms with Crippen LogP contribution in [0.3, 0.4) is 0 Å². The summed E-state index contributed by atoms with van der Waals surface area (Å²) in [5.74, 6) is 0.190. The van der Waals surface area contributed by atoms with Gasteiger partial charge in [0.2, 0.25) is 10.0 Å². The van der Waals surface area contributed by atoms with Crippen molar-refractivity contribution in [2.45, 2.75) is 32.6 Å². The van der Waals surface area contributed by atoms with Gasteiger partial charge in [-0.05, 0) is 36.3 Å². The van der Waals surface area contributed by atoms with E-state index in [-0.39, 0.29) is 17.1 Å². The van der Waals surface area contributed by atoms with Crippen molar-refractivity contribution in [3.63, 3.8) is 0 Å². The minimum Gasteiger partial charge on any atom is -0.330 e. The van der Waals surface area contributed by atoms with Gasteiger partial charge >= 0.3 is 0 Å². The maximum absolute atomic E-state index is 12.6. The van der Waals surface area contributed by atoms with Crippen molar-refractivity contribution in [3.8, 4) is 0 Å². The lowest BCUT2D eigenvalue weighted by Gasteiger charge is -2.38. The van der Waals surface area contributed by atoms with E-state index in [1.807, 2.05) is 37.3 Å². The lowest BCUT2D eigenvalue weighted by molar-refractivity contribution is 0.182. The Balaban J connectivity index is 2.00. The third-order valence-corrected chi connectivity index (χ3v) is 6.72. The molecular formula is C16H26N2O2S. The fraction of sp³-hybridized carbons (Fsp3) is 0.625. The zero-order valence-electron chi connectivity index (χ0n) is 13.0. The van der Waals surface area contributed by atoms with E-state index in [1.54, 1.807) is 4.31 Å². The predicted molar refractivity (Wildman–Crippen MR) is 86.6 cm³/mol. The smallest absolute Gasteiger partial charge is 0.214 e. The van der Waals surface area contributed by atoms with Gasteiger partial charge in [-0.2, -0.15) is 0 Å². The highest BCUT2D eigenvalue weighted by Gasteiger charge is 2.34. The molecule has 0 amide bonds. The van der Waals surface area contributed by atoms with Crippen LogP contribution in [0.25, 0.3) is 0 Å². The van der Waals surface area contributed by atoms with E-state index in [9.17, 15) is 8.42 Å². The second-order valence-corrected chi connectivity index (χ2v) is 8.52. The number of sulfonamides is 1. The number of rotatable bonds is 5. The lowest BCUT2D eigenvalue weighted by Crippen LogP contribution is -2.45. The molecule has 1 aromatic carbocycles. The van der Waals surface area contributed by atoms with E-state index < -0.39 is 10.0 Å². The summed E-state index contributed by atoms with van der Waals surface area (Å²) in [4.78, 5) is 0. The molecule has 1 fully saturated rings. The van der Waals surface area contributed by atoms with Gasteiger partial charge in [-0.25, -0.2) is 12.7 Å². The summed E-state index contributed by atoms with van der Waals surface area (Å²) in [6.45, 7) is 5.93. The molecule has 1 aromatic rings. The molecule has 1 aliphatic heterocycles. The van der Waals surface area contributed by atoms with Gasteiger partial charge in [-0.3, -0.25) is 0 Å². The van der Waals surface area contributed by atoms with E-state index in [0.717, 1.165) is 18.4 Å². The average Bonchev–Trinajstić information content (AvgIpc) is 2.48. The van der Waals surface area contributed by atoms with Crippen molar-refractivity contribution in [2.24, 2.45) is 11.1 Å². The molecule has 0 saturated carbocycles. The number of piperidine rings is 1. The van der Waals surface area contributed by atoms with Gasteiger partial charge in [0.1, 0.15) is 0 Å². The van der Waals surface area contributed by atoms with Crippen molar-refractivity contribution in [2.75, 3.05) is 25.4 Å². The lowest BCUT2D eigenvalue weighted by atomic mass is 9.81. The zero-order chi connectivity index (χ0) is 15.5. The summed E-state index contributed by atoms with van der Waals surface area (Å²) in [6, 6.07) is 9.82. The molecule has 0 aliphatic carbocycles. The Morgan fingerprint density at radius 3 is 2.33 bits per heavy atom. The van der Waals surface area contributed by atoms with E-state index in [0.29, 0.717) is 19.6 Å². The molecule has 1 aliphatic rings. The highest BCUT2D eigenvalue weighted by Crippen LogP contribution is 2.31. The molecular weight excluding hydrogens is 284 g/mol. The number of hydrogen-bond acceptors (Lipinski definition) is 3. The Kier molecular flexibility index (Phi) is 5.07. The van der Waals surface area contributed by atoms with Crippen LogP contribution < -0.4 is 5.73 Å². The van der Waals surface area contributed by atoms with Crippen molar-refractivity contribution in [1.82, 2.24) is 4.31 Å². The molecule has 1 saturated heterocycles. The molecule has 21 heavy (non-hydrogen) atoms. The van der Waals surface area contributed by atoms with Gasteiger partial charge in [0, 0.05) is 13.1 Å². The predicted octanol–water partition coefficient (Wildman–Crippen LogP) is 2.18. The first-order chi connectivity index (χ1) is 9.86. The van der Waals surface area contributed by atoms with Crippen LogP contribution in [0, 0.1) is 5.41 Å². The maximum atomic E-state index is 12.6. The van der Waals surface area contributed by atoms with Crippen LogP contribution in [0.4, 0.5) is 0 Å². The fourth-order valence-electron chi connectivity index (χ4n) is 2.81. The Morgan fingerprint density at radius 2 is 1.81 bits per heavy atom. The standard InChI is InChI=1S/C16H26N2O2S/c1-14(15-6-4-3-5-7-15)12-21(19,20)18-10-8-16(2,13-17)9-11-18/h3-7,14H,8-13,17H2,1-2H3. The highest BCUT2D eigenvalue weighted by atomic mass is 32.2.